The van der Waals surface area contributed by atoms with Crippen LogP contribution in [-0.2, 0) is 16.2 Å². The van der Waals surface area contributed by atoms with Gasteiger partial charge in [-0.05, 0) is 54.1 Å². The highest BCUT2D eigenvalue weighted by Gasteiger charge is 2.12. The van der Waals surface area contributed by atoms with Crippen LogP contribution in [0.15, 0.2) is 72.3 Å². The van der Waals surface area contributed by atoms with E-state index < -0.39 is 5.91 Å². The molecule has 0 heterocycles. The maximum Gasteiger partial charge on any atom is 0.266 e. The van der Waals surface area contributed by atoms with Crippen molar-refractivity contribution in [2.45, 2.75) is 13.5 Å². The van der Waals surface area contributed by atoms with Crippen molar-refractivity contribution in [3.05, 3.63) is 88.5 Å². The van der Waals surface area contributed by atoms with E-state index in [1.165, 1.54) is 20.1 Å². The lowest BCUT2D eigenvalue weighted by atomic mass is 10.1. The molecule has 0 fully saturated rings. The minimum absolute atomic E-state index is 0.0897. The van der Waals surface area contributed by atoms with E-state index in [0.717, 1.165) is 5.56 Å². The Balaban J connectivity index is 1.76. The van der Waals surface area contributed by atoms with Crippen molar-refractivity contribution >= 4 is 40.9 Å². The van der Waals surface area contributed by atoms with Gasteiger partial charge in [-0.15, -0.1) is 0 Å². The summed E-state index contributed by atoms with van der Waals surface area (Å²) < 4.78 is 11.3. The topological polar surface area (TPSA) is 100 Å². The minimum atomic E-state index is -0.566. The number of nitriles is 1. The molecule has 0 aliphatic carbocycles. The highest BCUT2D eigenvalue weighted by atomic mass is 35.5. The lowest BCUT2D eigenvalue weighted by Gasteiger charge is -2.12. The molecule has 0 bridgehead atoms. The van der Waals surface area contributed by atoms with Crippen molar-refractivity contribution in [3.8, 4) is 17.6 Å². The largest absolute Gasteiger partial charge is 0.493 e. The van der Waals surface area contributed by atoms with Gasteiger partial charge in [0.05, 0.1) is 7.11 Å². The van der Waals surface area contributed by atoms with Crippen molar-refractivity contribution in [1.82, 2.24) is 0 Å². The fourth-order valence-corrected chi connectivity index (χ4v) is 3.21. The summed E-state index contributed by atoms with van der Waals surface area (Å²) in [5, 5.41) is 15.4. The third kappa shape index (κ3) is 6.61. The predicted molar refractivity (Wildman–Crippen MR) is 132 cm³/mol. The van der Waals surface area contributed by atoms with E-state index in [1.54, 1.807) is 48.5 Å². The highest BCUT2D eigenvalue weighted by molar-refractivity contribution is 6.31. The van der Waals surface area contributed by atoms with E-state index in [0.29, 0.717) is 33.5 Å². The van der Waals surface area contributed by atoms with Gasteiger partial charge in [0, 0.05) is 28.9 Å². The molecule has 172 valence electrons. The van der Waals surface area contributed by atoms with Crippen LogP contribution in [0.3, 0.4) is 0 Å². The molecule has 0 atom stereocenters. The van der Waals surface area contributed by atoms with E-state index in [9.17, 15) is 14.9 Å². The summed E-state index contributed by atoms with van der Waals surface area (Å²) in [5.74, 6) is 0.194. The van der Waals surface area contributed by atoms with Crippen LogP contribution in [-0.4, -0.2) is 18.9 Å². The molecule has 7 nitrogen and oxygen atoms in total. The molecule has 3 rings (SSSR count). The number of benzene rings is 3. The quantitative estimate of drug-likeness (QED) is 0.334. The van der Waals surface area contributed by atoms with Gasteiger partial charge in [-0.1, -0.05) is 35.9 Å². The van der Waals surface area contributed by atoms with E-state index in [1.807, 2.05) is 24.3 Å². The van der Waals surface area contributed by atoms with Crippen molar-refractivity contribution in [3.63, 3.8) is 0 Å². The van der Waals surface area contributed by atoms with Crippen LogP contribution in [0.5, 0.6) is 11.5 Å². The van der Waals surface area contributed by atoms with E-state index in [4.69, 9.17) is 21.1 Å². The first-order valence-electron chi connectivity index (χ1n) is 10.2. The number of hydrogen-bond acceptors (Lipinski definition) is 5. The van der Waals surface area contributed by atoms with Crippen LogP contribution in [0.4, 0.5) is 11.4 Å². The summed E-state index contributed by atoms with van der Waals surface area (Å²) in [5.41, 5.74) is 2.40. The number of anilines is 2. The molecule has 0 saturated heterocycles. The number of nitrogens with zero attached hydrogens (tertiary/aromatic N) is 1. The first-order chi connectivity index (χ1) is 16.4. The van der Waals surface area contributed by atoms with Crippen molar-refractivity contribution in [1.29, 1.82) is 5.26 Å². The van der Waals surface area contributed by atoms with Crippen molar-refractivity contribution < 1.29 is 19.1 Å². The van der Waals surface area contributed by atoms with E-state index >= 15 is 0 Å². The molecule has 0 radical (unpaired) electrons. The Morgan fingerprint density at radius 2 is 1.68 bits per heavy atom. The molecule has 2 amide bonds. The normalized spacial score (nSPS) is 10.7. The molecule has 0 aliphatic rings. The van der Waals surface area contributed by atoms with Gasteiger partial charge >= 0.3 is 0 Å². The number of carbonyl (C=O) groups excluding carboxylic acids is 2. The Morgan fingerprint density at radius 1 is 1.00 bits per heavy atom. The highest BCUT2D eigenvalue weighted by Crippen LogP contribution is 2.30. The zero-order valence-electron chi connectivity index (χ0n) is 18.6. The SMILES string of the molecule is COc1ccc(/C=C(\C#N)C(=O)Nc2ccc(NC(C)=O)cc2)cc1OCc1ccccc1Cl. The van der Waals surface area contributed by atoms with Gasteiger partial charge in [0.1, 0.15) is 18.2 Å². The van der Waals surface area contributed by atoms with Crippen molar-refractivity contribution in [2.24, 2.45) is 0 Å². The molecule has 3 aromatic rings. The molecule has 34 heavy (non-hydrogen) atoms. The maximum absolute atomic E-state index is 12.6. The summed E-state index contributed by atoms with van der Waals surface area (Å²) in [6, 6.07) is 20.9. The van der Waals surface area contributed by atoms with Crippen molar-refractivity contribution in [2.75, 3.05) is 17.7 Å². The summed E-state index contributed by atoms with van der Waals surface area (Å²) >= 11 is 6.20. The molecular weight excluding hydrogens is 454 g/mol. The molecule has 0 spiro atoms. The fourth-order valence-electron chi connectivity index (χ4n) is 3.02. The summed E-state index contributed by atoms with van der Waals surface area (Å²) in [7, 11) is 1.53. The second-order valence-corrected chi connectivity index (χ2v) is 7.58. The first kappa shape index (κ1) is 24.4. The zero-order chi connectivity index (χ0) is 24.5. The minimum Gasteiger partial charge on any atom is -0.493 e. The van der Waals surface area contributed by atoms with Gasteiger partial charge in [-0.2, -0.15) is 5.26 Å². The Labute approximate surface area is 202 Å². The monoisotopic (exact) mass is 475 g/mol. The van der Waals surface area contributed by atoms with Crippen LogP contribution in [0.25, 0.3) is 6.08 Å². The number of ether oxygens (including phenoxy) is 2. The molecule has 0 aliphatic heterocycles. The fraction of sp³-hybridized carbons (Fsp3) is 0.115. The van der Waals surface area contributed by atoms with Crippen LogP contribution in [0.1, 0.15) is 18.1 Å². The molecular formula is C26H22ClN3O4. The van der Waals surface area contributed by atoms with Gasteiger partial charge < -0.3 is 20.1 Å². The van der Waals surface area contributed by atoms with Gasteiger partial charge in [0.15, 0.2) is 11.5 Å². The third-order valence-electron chi connectivity index (χ3n) is 4.67. The van der Waals surface area contributed by atoms with Gasteiger partial charge in [0.2, 0.25) is 5.91 Å². The molecule has 3 aromatic carbocycles. The first-order valence-corrected chi connectivity index (χ1v) is 10.6. The number of hydrogen-bond donors (Lipinski definition) is 2. The third-order valence-corrected chi connectivity index (χ3v) is 5.04. The molecule has 0 saturated carbocycles. The Morgan fingerprint density at radius 3 is 2.29 bits per heavy atom. The Hall–Kier alpha value is -4.28. The lowest BCUT2D eigenvalue weighted by molar-refractivity contribution is -0.114. The van der Waals surface area contributed by atoms with Crippen LogP contribution in [0, 0.1) is 11.3 Å². The molecule has 2 N–H and O–H groups in total. The number of amides is 2. The second-order valence-electron chi connectivity index (χ2n) is 7.17. The smallest absolute Gasteiger partial charge is 0.266 e. The zero-order valence-corrected chi connectivity index (χ0v) is 19.3. The van der Waals surface area contributed by atoms with E-state index in [-0.39, 0.29) is 18.1 Å². The van der Waals surface area contributed by atoms with Crippen LogP contribution < -0.4 is 20.1 Å². The Bertz CT molecular complexity index is 1260. The standard InChI is InChI=1S/C26H22ClN3O4/c1-17(31)29-21-8-10-22(11-9-21)30-26(32)20(15-28)13-18-7-12-24(33-2)25(14-18)34-16-19-5-3-4-6-23(19)27/h3-14H,16H2,1-2H3,(H,29,31)(H,30,32)/b20-13+. The average molecular weight is 476 g/mol. The summed E-state index contributed by atoms with van der Waals surface area (Å²) in [6.45, 7) is 1.63. The maximum atomic E-state index is 12.6. The number of carbonyl (C=O) groups is 2. The van der Waals surface area contributed by atoms with Crippen LogP contribution in [0.2, 0.25) is 5.02 Å². The Kier molecular flexibility index (Phi) is 8.27. The number of halogens is 1. The van der Waals surface area contributed by atoms with Gasteiger partial charge in [0.25, 0.3) is 5.91 Å². The summed E-state index contributed by atoms with van der Waals surface area (Å²) in [4.78, 5) is 23.7. The lowest BCUT2D eigenvalue weighted by Crippen LogP contribution is -2.13. The van der Waals surface area contributed by atoms with E-state index in [2.05, 4.69) is 10.6 Å². The molecule has 0 unspecified atom stereocenters. The van der Waals surface area contributed by atoms with Gasteiger partial charge in [-0.25, -0.2) is 0 Å². The van der Waals surface area contributed by atoms with Gasteiger partial charge in [-0.3, -0.25) is 9.59 Å². The number of rotatable bonds is 8. The second kappa shape index (κ2) is 11.5. The molecule has 8 heteroatoms. The predicted octanol–water partition coefficient (Wildman–Crippen LogP) is 5.43. The summed E-state index contributed by atoms with van der Waals surface area (Å²) in [6.07, 6.45) is 1.46. The average Bonchev–Trinajstić information content (AvgIpc) is 2.83. The molecule has 0 aromatic heterocycles. The number of methoxy groups -OCH3 is 1. The number of nitrogens with one attached hydrogen (secondary N) is 2. The van der Waals surface area contributed by atoms with Crippen LogP contribution >= 0.6 is 11.6 Å².